The van der Waals surface area contributed by atoms with Gasteiger partial charge in [-0.1, -0.05) is 12.1 Å². The number of nitrogens with one attached hydrogen (secondary N) is 1. The van der Waals surface area contributed by atoms with E-state index in [0.717, 1.165) is 30.7 Å². The molecule has 1 fully saturated rings. The molecule has 126 valence electrons. The van der Waals surface area contributed by atoms with Gasteiger partial charge in [-0.25, -0.2) is 9.78 Å². The number of carbonyl (C=O) groups excluding carboxylic acids is 1. The Morgan fingerprint density at radius 3 is 2.83 bits per heavy atom. The van der Waals surface area contributed by atoms with E-state index in [1.807, 2.05) is 29.2 Å². The van der Waals surface area contributed by atoms with Crippen molar-refractivity contribution < 1.29 is 14.3 Å². The molecule has 1 aliphatic heterocycles. The molecule has 0 saturated carbocycles. The predicted molar refractivity (Wildman–Crippen MR) is 91.5 cm³/mol. The molecule has 0 radical (unpaired) electrons. The number of pyridine rings is 1. The molecule has 1 aromatic heterocycles. The van der Waals surface area contributed by atoms with Crippen LogP contribution in [0.3, 0.4) is 0 Å². The van der Waals surface area contributed by atoms with E-state index < -0.39 is 0 Å². The van der Waals surface area contributed by atoms with Crippen LogP contribution in [0.25, 0.3) is 0 Å². The Morgan fingerprint density at radius 2 is 2.12 bits per heavy atom. The lowest BCUT2D eigenvalue weighted by Crippen LogP contribution is -2.34. The van der Waals surface area contributed by atoms with Crippen molar-refractivity contribution in [3.63, 3.8) is 0 Å². The normalized spacial score (nSPS) is 16.8. The summed E-state index contributed by atoms with van der Waals surface area (Å²) in [6.07, 6.45) is 3.52. The van der Waals surface area contributed by atoms with Crippen molar-refractivity contribution in [2.75, 3.05) is 26.1 Å². The largest absolute Gasteiger partial charge is 0.497 e. The number of hydrogen-bond acceptors (Lipinski definition) is 4. The van der Waals surface area contributed by atoms with Crippen LogP contribution in [0.1, 0.15) is 24.4 Å². The highest BCUT2D eigenvalue weighted by Crippen LogP contribution is 2.33. The first-order valence-corrected chi connectivity index (χ1v) is 7.93. The number of hydrogen-bond donors (Lipinski definition) is 1. The zero-order valence-corrected chi connectivity index (χ0v) is 13.9. The summed E-state index contributed by atoms with van der Waals surface area (Å²) in [5, 5.41) is 2.90. The molecular formula is C18H21N3O3. The number of anilines is 1. The standard InChI is InChI=1S/C18H21N3O3/c1-23-15-6-3-5-13(11-15)16-7-4-10-21(16)18(22)20-14-8-9-17(24-2)19-12-14/h3,5-6,8-9,11-12,16H,4,7,10H2,1-2H3,(H,20,22)/t16-/m0/s1. The van der Waals surface area contributed by atoms with Gasteiger partial charge in [-0.05, 0) is 36.6 Å². The molecule has 0 spiro atoms. The van der Waals surface area contributed by atoms with E-state index in [1.165, 1.54) is 0 Å². The average Bonchev–Trinajstić information content (AvgIpc) is 3.12. The first kappa shape index (κ1) is 16.1. The fourth-order valence-electron chi connectivity index (χ4n) is 2.98. The van der Waals surface area contributed by atoms with Crippen LogP contribution in [0.5, 0.6) is 11.6 Å². The van der Waals surface area contributed by atoms with Gasteiger partial charge in [0.1, 0.15) is 5.75 Å². The van der Waals surface area contributed by atoms with Crippen LogP contribution >= 0.6 is 0 Å². The van der Waals surface area contributed by atoms with Gasteiger partial charge < -0.3 is 19.7 Å². The van der Waals surface area contributed by atoms with Crippen LogP contribution in [0.15, 0.2) is 42.6 Å². The van der Waals surface area contributed by atoms with Crippen LogP contribution in [0.2, 0.25) is 0 Å². The number of carbonyl (C=O) groups is 1. The molecule has 3 rings (SSSR count). The van der Waals surface area contributed by atoms with E-state index >= 15 is 0 Å². The number of amides is 2. The molecule has 0 bridgehead atoms. The summed E-state index contributed by atoms with van der Waals surface area (Å²) >= 11 is 0. The molecule has 1 N–H and O–H groups in total. The highest BCUT2D eigenvalue weighted by Gasteiger charge is 2.30. The summed E-state index contributed by atoms with van der Waals surface area (Å²) in [6, 6.07) is 11.3. The summed E-state index contributed by atoms with van der Waals surface area (Å²) < 4.78 is 10.3. The highest BCUT2D eigenvalue weighted by molar-refractivity contribution is 5.89. The summed E-state index contributed by atoms with van der Waals surface area (Å²) in [5.41, 5.74) is 1.74. The van der Waals surface area contributed by atoms with E-state index in [9.17, 15) is 4.79 Å². The molecule has 1 atom stereocenters. The van der Waals surface area contributed by atoms with Gasteiger partial charge in [0, 0.05) is 12.6 Å². The van der Waals surface area contributed by atoms with Crippen molar-refractivity contribution >= 4 is 11.7 Å². The van der Waals surface area contributed by atoms with E-state index in [0.29, 0.717) is 11.6 Å². The maximum atomic E-state index is 12.6. The van der Waals surface area contributed by atoms with Crippen molar-refractivity contribution in [1.29, 1.82) is 0 Å². The fraction of sp³-hybridized carbons (Fsp3) is 0.333. The molecule has 0 unspecified atom stereocenters. The Labute approximate surface area is 141 Å². The lowest BCUT2D eigenvalue weighted by atomic mass is 10.0. The summed E-state index contributed by atoms with van der Waals surface area (Å²) in [4.78, 5) is 18.6. The maximum absolute atomic E-state index is 12.6. The summed E-state index contributed by atoms with van der Waals surface area (Å²) in [5.74, 6) is 1.32. The molecule has 6 nitrogen and oxygen atoms in total. The van der Waals surface area contributed by atoms with Crippen LogP contribution in [-0.4, -0.2) is 36.7 Å². The quantitative estimate of drug-likeness (QED) is 0.934. The number of rotatable bonds is 4. The molecule has 24 heavy (non-hydrogen) atoms. The SMILES string of the molecule is COc1cccc([C@@H]2CCCN2C(=O)Nc2ccc(OC)nc2)c1. The second-order valence-corrected chi connectivity index (χ2v) is 5.65. The summed E-state index contributed by atoms with van der Waals surface area (Å²) in [7, 11) is 3.21. The van der Waals surface area contributed by atoms with Crippen molar-refractivity contribution in [3.8, 4) is 11.6 Å². The number of benzene rings is 1. The number of urea groups is 1. The molecule has 2 heterocycles. The van der Waals surface area contributed by atoms with Crippen LogP contribution in [-0.2, 0) is 0 Å². The number of methoxy groups -OCH3 is 2. The number of likely N-dealkylation sites (tertiary alicyclic amines) is 1. The van der Waals surface area contributed by atoms with E-state index in [2.05, 4.69) is 10.3 Å². The van der Waals surface area contributed by atoms with Gasteiger partial charge in [0.15, 0.2) is 0 Å². The monoisotopic (exact) mass is 327 g/mol. The van der Waals surface area contributed by atoms with Crippen molar-refractivity contribution in [3.05, 3.63) is 48.2 Å². The van der Waals surface area contributed by atoms with Gasteiger partial charge in [0.25, 0.3) is 0 Å². The van der Waals surface area contributed by atoms with Crippen molar-refractivity contribution in [1.82, 2.24) is 9.88 Å². The molecule has 6 heteroatoms. The third-order valence-electron chi connectivity index (χ3n) is 4.19. The van der Waals surface area contributed by atoms with Crippen LogP contribution < -0.4 is 14.8 Å². The molecular weight excluding hydrogens is 306 g/mol. The smallest absolute Gasteiger partial charge is 0.322 e. The number of nitrogens with zero attached hydrogens (tertiary/aromatic N) is 2. The first-order valence-electron chi connectivity index (χ1n) is 7.93. The van der Waals surface area contributed by atoms with Gasteiger partial charge >= 0.3 is 6.03 Å². The lowest BCUT2D eigenvalue weighted by molar-refractivity contribution is 0.207. The maximum Gasteiger partial charge on any atom is 0.322 e. The zero-order valence-electron chi connectivity index (χ0n) is 13.9. The number of aromatic nitrogens is 1. The topological polar surface area (TPSA) is 63.7 Å². The van der Waals surface area contributed by atoms with Gasteiger partial charge in [0.05, 0.1) is 32.1 Å². The minimum Gasteiger partial charge on any atom is -0.497 e. The third-order valence-corrected chi connectivity index (χ3v) is 4.19. The predicted octanol–water partition coefficient (Wildman–Crippen LogP) is 3.47. The van der Waals surface area contributed by atoms with Crippen LogP contribution in [0.4, 0.5) is 10.5 Å². The second-order valence-electron chi connectivity index (χ2n) is 5.65. The molecule has 0 aliphatic carbocycles. The van der Waals surface area contributed by atoms with Crippen molar-refractivity contribution in [2.24, 2.45) is 0 Å². The lowest BCUT2D eigenvalue weighted by Gasteiger charge is -2.25. The Bertz CT molecular complexity index is 703. The van der Waals surface area contributed by atoms with Gasteiger partial charge in [-0.2, -0.15) is 0 Å². The first-order chi connectivity index (χ1) is 11.7. The van der Waals surface area contributed by atoms with E-state index in [1.54, 1.807) is 32.5 Å². The Balaban J connectivity index is 1.72. The zero-order chi connectivity index (χ0) is 16.9. The fourth-order valence-corrected chi connectivity index (χ4v) is 2.98. The highest BCUT2D eigenvalue weighted by atomic mass is 16.5. The molecule has 1 aliphatic rings. The minimum atomic E-state index is -0.118. The Hall–Kier alpha value is -2.76. The van der Waals surface area contributed by atoms with E-state index in [4.69, 9.17) is 9.47 Å². The minimum absolute atomic E-state index is 0.0614. The Kier molecular flexibility index (Phi) is 4.84. The summed E-state index contributed by atoms with van der Waals surface area (Å²) in [6.45, 7) is 0.733. The molecule has 1 aromatic carbocycles. The van der Waals surface area contributed by atoms with Gasteiger partial charge in [0.2, 0.25) is 5.88 Å². The van der Waals surface area contributed by atoms with Crippen LogP contribution in [0, 0.1) is 0 Å². The third kappa shape index (κ3) is 3.42. The molecule has 2 aromatic rings. The second kappa shape index (κ2) is 7.21. The number of ether oxygens (including phenoxy) is 2. The molecule has 2 amide bonds. The Morgan fingerprint density at radius 1 is 1.25 bits per heavy atom. The van der Waals surface area contributed by atoms with Gasteiger partial charge in [-0.15, -0.1) is 0 Å². The average molecular weight is 327 g/mol. The van der Waals surface area contributed by atoms with E-state index in [-0.39, 0.29) is 12.1 Å². The van der Waals surface area contributed by atoms with Gasteiger partial charge in [-0.3, -0.25) is 0 Å². The molecule has 1 saturated heterocycles. The van der Waals surface area contributed by atoms with Crippen molar-refractivity contribution in [2.45, 2.75) is 18.9 Å².